The third-order valence-corrected chi connectivity index (χ3v) is 1.02. The minimum atomic E-state index is -0.272. The van der Waals surface area contributed by atoms with Crippen LogP contribution >= 0.6 is 0 Å². The van der Waals surface area contributed by atoms with Crippen molar-refractivity contribution in [3.63, 3.8) is 0 Å². The molecule has 0 bridgehead atoms. The van der Waals surface area contributed by atoms with Crippen molar-refractivity contribution in [2.24, 2.45) is 0 Å². The van der Waals surface area contributed by atoms with Gasteiger partial charge in [-0.05, 0) is 6.92 Å². The average molecular weight is 127 g/mol. The van der Waals surface area contributed by atoms with Gasteiger partial charge in [0.05, 0.1) is 5.56 Å². The molecule has 9 heavy (non-hydrogen) atoms. The molecule has 0 fully saturated rings. The molecular formula is C5H7N2O2+. The molecule has 0 saturated heterocycles. The van der Waals surface area contributed by atoms with E-state index in [0.717, 1.165) is 0 Å². The van der Waals surface area contributed by atoms with E-state index in [1.807, 2.05) is 0 Å². The summed E-state index contributed by atoms with van der Waals surface area (Å²) in [6.45, 7) is 1.65. The Morgan fingerprint density at radius 2 is 2.44 bits per heavy atom. The minimum absolute atomic E-state index is 0.217. The number of hydrogen-bond acceptors (Lipinski definition) is 2. The summed E-state index contributed by atoms with van der Waals surface area (Å²) in [4.78, 5) is 15.2. The molecule has 1 rings (SSSR count). The Hall–Kier alpha value is -1.32. The largest absolute Gasteiger partial charge is 0.451 e. The van der Waals surface area contributed by atoms with E-state index in [2.05, 4.69) is 9.97 Å². The molecule has 1 aromatic heterocycles. The van der Waals surface area contributed by atoms with Gasteiger partial charge in [0.15, 0.2) is 0 Å². The van der Waals surface area contributed by atoms with E-state index in [9.17, 15) is 4.79 Å². The Balaban J connectivity index is 3.34. The molecule has 1 aromatic rings. The first kappa shape index (κ1) is 5.81. The van der Waals surface area contributed by atoms with E-state index in [4.69, 9.17) is 5.11 Å². The van der Waals surface area contributed by atoms with Gasteiger partial charge in [0.1, 0.15) is 6.20 Å². The molecule has 0 aliphatic heterocycles. The minimum Gasteiger partial charge on any atom is -0.446 e. The summed E-state index contributed by atoms with van der Waals surface area (Å²) >= 11 is 0. The lowest BCUT2D eigenvalue weighted by molar-refractivity contribution is -0.400. The van der Waals surface area contributed by atoms with Crippen molar-refractivity contribution < 1.29 is 10.1 Å². The summed E-state index contributed by atoms with van der Waals surface area (Å²) in [5.41, 5.74) is 0.277. The zero-order valence-corrected chi connectivity index (χ0v) is 4.93. The van der Waals surface area contributed by atoms with Crippen LogP contribution in [0.15, 0.2) is 11.0 Å². The van der Waals surface area contributed by atoms with Crippen LogP contribution in [0.5, 0.6) is 6.01 Å². The van der Waals surface area contributed by atoms with Gasteiger partial charge >= 0.3 is 11.6 Å². The van der Waals surface area contributed by atoms with Crippen LogP contribution in [-0.2, 0) is 0 Å². The summed E-state index contributed by atoms with van der Waals surface area (Å²) in [6.07, 6.45) is 1.44. The summed E-state index contributed by atoms with van der Waals surface area (Å²) in [6, 6.07) is -0.217. The fraction of sp³-hybridized carbons (Fsp3) is 0.200. The highest BCUT2D eigenvalue weighted by Gasteiger charge is 1.99. The van der Waals surface area contributed by atoms with Crippen molar-refractivity contribution in [3.05, 3.63) is 22.1 Å². The first-order chi connectivity index (χ1) is 4.20. The summed E-state index contributed by atoms with van der Waals surface area (Å²) in [5.74, 6) is 0. The Bertz CT molecular complexity index is 266. The smallest absolute Gasteiger partial charge is 0.446 e. The molecule has 1 heterocycles. The number of aromatic nitrogens is 2. The Kier molecular flexibility index (Phi) is 1.22. The molecule has 3 N–H and O–H groups in total. The van der Waals surface area contributed by atoms with Gasteiger partial charge < -0.3 is 5.11 Å². The Morgan fingerprint density at radius 3 is 2.89 bits per heavy atom. The maximum absolute atomic E-state index is 10.6. The number of aromatic amines is 2. The van der Waals surface area contributed by atoms with Crippen LogP contribution in [0.1, 0.15) is 5.56 Å². The van der Waals surface area contributed by atoms with Gasteiger partial charge in [-0.2, -0.15) is 4.98 Å². The average Bonchev–Trinajstić information content (AvgIpc) is 1.80. The molecule has 0 aromatic carbocycles. The Labute approximate surface area is 51.2 Å². The third kappa shape index (κ3) is 1.07. The van der Waals surface area contributed by atoms with Gasteiger partial charge in [-0.15, -0.1) is 0 Å². The second-order valence-electron chi connectivity index (χ2n) is 1.77. The molecule has 0 aliphatic carbocycles. The predicted molar refractivity (Wildman–Crippen MR) is 30.0 cm³/mol. The van der Waals surface area contributed by atoms with Crippen molar-refractivity contribution in [1.82, 2.24) is 4.98 Å². The Morgan fingerprint density at radius 1 is 1.78 bits per heavy atom. The summed E-state index contributed by atoms with van der Waals surface area (Å²) < 4.78 is 0. The van der Waals surface area contributed by atoms with Crippen LogP contribution < -0.4 is 10.5 Å². The topological polar surface area (TPSA) is 67.2 Å². The van der Waals surface area contributed by atoms with Crippen LogP contribution in [0.3, 0.4) is 0 Å². The molecule has 0 amide bonds. The summed E-state index contributed by atoms with van der Waals surface area (Å²) in [7, 11) is 0. The van der Waals surface area contributed by atoms with Gasteiger partial charge in [-0.25, -0.2) is 9.78 Å². The van der Waals surface area contributed by atoms with Gasteiger partial charge in [0, 0.05) is 0 Å². The fourth-order valence-corrected chi connectivity index (χ4v) is 0.484. The predicted octanol–water partition coefficient (Wildman–Crippen LogP) is -0.797. The summed E-state index contributed by atoms with van der Waals surface area (Å²) in [5, 5.41) is 8.63. The maximum Gasteiger partial charge on any atom is 0.451 e. The number of H-pyrrole nitrogens is 2. The van der Waals surface area contributed by atoms with Crippen LogP contribution in [-0.4, -0.2) is 10.1 Å². The highest BCUT2D eigenvalue weighted by atomic mass is 16.3. The monoisotopic (exact) mass is 127 g/mol. The van der Waals surface area contributed by atoms with Crippen molar-refractivity contribution in [2.75, 3.05) is 0 Å². The molecule has 0 atom stereocenters. The van der Waals surface area contributed by atoms with E-state index in [1.54, 1.807) is 6.92 Å². The van der Waals surface area contributed by atoms with Crippen LogP contribution in [0.25, 0.3) is 0 Å². The normalized spacial score (nSPS) is 9.44. The second kappa shape index (κ2) is 1.89. The molecule has 0 spiro atoms. The van der Waals surface area contributed by atoms with Gasteiger partial charge in [-0.1, -0.05) is 0 Å². The molecule has 4 nitrogen and oxygen atoms in total. The molecule has 0 radical (unpaired) electrons. The molecule has 0 saturated carbocycles. The number of hydrogen-bond donors (Lipinski definition) is 2. The van der Waals surface area contributed by atoms with Crippen LogP contribution in [0, 0.1) is 6.92 Å². The zero-order chi connectivity index (χ0) is 6.85. The molecule has 0 unspecified atom stereocenters. The third-order valence-electron chi connectivity index (χ3n) is 1.02. The number of aromatic hydroxyl groups is 1. The SMILES string of the molecule is Cc1c[nH+]c(O)[nH]c1=O. The lowest BCUT2D eigenvalue weighted by atomic mass is 10.4. The quantitative estimate of drug-likeness (QED) is 0.479. The van der Waals surface area contributed by atoms with Gasteiger partial charge in [0.2, 0.25) is 0 Å². The molecular weight excluding hydrogens is 120 g/mol. The molecule has 0 aliphatic rings. The second-order valence-corrected chi connectivity index (χ2v) is 1.77. The maximum atomic E-state index is 10.6. The standard InChI is InChI=1S/C5H6N2O2/c1-3-2-6-5(9)7-4(3)8/h2H,1H3,(H2,6,7,8,9)/p+1. The van der Waals surface area contributed by atoms with Gasteiger partial charge in [-0.3, -0.25) is 0 Å². The molecule has 48 valence electrons. The number of nitrogens with one attached hydrogen (secondary N) is 2. The highest BCUT2D eigenvalue weighted by molar-refractivity contribution is 4.97. The lowest BCUT2D eigenvalue weighted by Crippen LogP contribution is -2.17. The van der Waals surface area contributed by atoms with Crippen molar-refractivity contribution in [1.29, 1.82) is 0 Å². The number of aryl methyl sites for hydroxylation is 1. The zero-order valence-electron chi connectivity index (χ0n) is 4.93. The van der Waals surface area contributed by atoms with E-state index in [-0.39, 0.29) is 11.6 Å². The van der Waals surface area contributed by atoms with Crippen molar-refractivity contribution >= 4 is 0 Å². The first-order valence-electron chi connectivity index (χ1n) is 2.51. The molecule has 4 heteroatoms. The van der Waals surface area contributed by atoms with Crippen molar-refractivity contribution in [3.8, 4) is 6.01 Å². The van der Waals surface area contributed by atoms with E-state index in [1.165, 1.54) is 6.20 Å². The number of rotatable bonds is 0. The van der Waals surface area contributed by atoms with Crippen molar-refractivity contribution in [2.45, 2.75) is 6.92 Å². The van der Waals surface area contributed by atoms with Gasteiger partial charge in [0.25, 0.3) is 0 Å². The fourth-order valence-electron chi connectivity index (χ4n) is 0.484. The first-order valence-corrected chi connectivity index (χ1v) is 2.51. The van der Waals surface area contributed by atoms with E-state index >= 15 is 0 Å². The van der Waals surface area contributed by atoms with Crippen LogP contribution in [0.4, 0.5) is 0 Å². The lowest BCUT2D eigenvalue weighted by Gasteiger charge is -1.82. The van der Waals surface area contributed by atoms with E-state index < -0.39 is 0 Å². The highest BCUT2D eigenvalue weighted by Crippen LogP contribution is 1.83. The van der Waals surface area contributed by atoms with E-state index in [0.29, 0.717) is 5.56 Å². The van der Waals surface area contributed by atoms with Crippen LogP contribution in [0.2, 0.25) is 0 Å².